The lowest BCUT2D eigenvalue weighted by Crippen LogP contribution is -2.53. The third-order valence-corrected chi connectivity index (χ3v) is 5.39. The Morgan fingerprint density at radius 2 is 2.12 bits per heavy atom. The Hall–Kier alpha value is -1.36. The Morgan fingerprint density at radius 3 is 2.69 bits per heavy atom. The minimum Gasteiger partial charge on any atom is -0.495 e. The molecule has 1 aromatic rings. The SMILES string of the molecule is COc1cc(CN[C@]2(C)CCCNC2)cc(P)c1N(C)CC(=O)N(C)C. The van der Waals surface area contributed by atoms with E-state index in [1.807, 2.05) is 11.9 Å². The molecule has 2 N–H and O–H groups in total. The molecule has 1 aliphatic heterocycles. The molecule has 0 aromatic heterocycles. The van der Waals surface area contributed by atoms with Crippen molar-refractivity contribution in [2.45, 2.75) is 31.8 Å². The van der Waals surface area contributed by atoms with Crippen LogP contribution in [0.25, 0.3) is 0 Å². The van der Waals surface area contributed by atoms with Gasteiger partial charge in [0.05, 0.1) is 19.3 Å². The number of likely N-dealkylation sites (N-methyl/N-ethyl adjacent to an activating group) is 2. The zero-order valence-corrected chi connectivity index (χ0v) is 17.8. The molecule has 146 valence electrons. The van der Waals surface area contributed by atoms with Gasteiger partial charge in [-0.1, -0.05) is 0 Å². The maximum atomic E-state index is 12.0. The van der Waals surface area contributed by atoms with E-state index in [2.05, 4.69) is 38.9 Å². The average molecular weight is 380 g/mol. The molecular weight excluding hydrogens is 347 g/mol. The van der Waals surface area contributed by atoms with Crippen LogP contribution in [0, 0.1) is 0 Å². The number of carbonyl (C=O) groups excluding carboxylic acids is 1. The summed E-state index contributed by atoms with van der Waals surface area (Å²) in [6.07, 6.45) is 2.38. The standard InChI is InChI=1S/C19H33N4O2P/c1-19(7-6-8-20-13-19)21-11-14-9-15(25-5)18(16(26)10-14)23(4)12-17(24)22(2)3/h9-10,20-21H,6-8,11-13,26H2,1-5H3/t19-/m1/s1. The summed E-state index contributed by atoms with van der Waals surface area (Å²) in [4.78, 5) is 15.6. The monoisotopic (exact) mass is 380 g/mol. The van der Waals surface area contributed by atoms with Gasteiger partial charge in [0, 0.05) is 39.8 Å². The van der Waals surface area contributed by atoms with Crippen molar-refractivity contribution < 1.29 is 9.53 Å². The minimum atomic E-state index is 0.0578. The molecule has 1 unspecified atom stereocenters. The minimum absolute atomic E-state index is 0.0578. The van der Waals surface area contributed by atoms with Gasteiger partial charge in [-0.3, -0.25) is 4.79 Å². The molecule has 2 atom stereocenters. The van der Waals surface area contributed by atoms with E-state index >= 15 is 0 Å². The van der Waals surface area contributed by atoms with E-state index in [1.54, 1.807) is 26.1 Å². The van der Waals surface area contributed by atoms with Crippen molar-refractivity contribution in [3.8, 4) is 5.75 Å². The van der Waals surface area contributed by atoms with Crippen molar-refractivity contribution in [1.82, 2.24) is 15.5 Å². The van der Waals surface area contributed by atoms with E-state index in [-0.39, 0.29) is 11.4 Å². The van der Waals surface area contributed by atoms with Crippen LogP contribution >= 0.6 is 9.24 Å². The summed E-state index contributed by atoms with van der Waals surface area (Å²) in [6.45, 7) is 5.47. The van der Waals surface area contributed by atoms with E-state index in [9.17, 15) is 4.79 Å². The summed E-state index contributed by atoms with van der Waals surface area (Å²) in [5, 5.41) is 8.18. The fraction of sp³-hybridized carbons (Fsp3) is 0.632. The quantitative estimate of drug-likeness (QED) is 0.690. The Bertz CT molecular complexity index is 630. The molecule has 7 heteroatoms. The number of hydrogen-bond donors (Lipinski definition) is 2. The number of amides is 1. The molecule has 1 fully saturated rings. The van der Waals surface area contributed by atoms with Crippen LogP contribution in [-0.2, 0) is 11.3 Å². The maximum absolute atomic E-state index is 12.0. The first-order valence-electron chi connectivity index (χ1n) is 9.09. The smallest absolute Gasteiger partial charge is 0.241 e. The van der Waals surface area contributed by atoms with E-state index in [1.165, 1.54) is 18.4 Å². The molecule has 1 aromatic carbocycles. The molecule has 0 bridgehead atoms. The summed E-state index contributed by atoms with van der Waals surface area (Å²) in [5.74, 6) is 0.845. The Kier molecular flexibility index (Phi) is 7.27. The van der Waals surface area contributed by atoms with Gasteiger partial charge in [0.2, 0.25) is 5.91 Å². The van der Waals surface area contributed by atoms with Crippen LogP contribution in [0.15, 0.2) is 12.1 Å². The van der Waals surface area contributed by atoms with Crippen LogP contribution in [0.2, 0.25) is 0 Å². The van der Waals surface area contributed by atoms with Gasteiger partial charge in [-0.25, -0.2) is 0 Å². The number of piperidine rings is 1. The second-order valence-corrected chi connectivity index (χ2v) is 8.20. The normalized spacial score (nSPS) is 19.9. The average Bonchev–Trinajstić information content (AvgIpc) is 2.59. The number of anilines is 1. The van der Waals surface area contributed by atoms with Gasteiger partial charge >= 0.3 is 0 Å². The summed E-state index contributed by atoms with van der Waals surface area (Å²) in [7, 11) is 9.90. The number of rotatable bonds is 7. The number of methoxy groups -OCH3 is 1. The molecule has 1 saturated heterocycles. The van der Waals surface area contributed by atoms with E-state index in [0.29, 0.717) is 6.54 Å². The molecule has 1 aliphatic rings. The molecule has 1 heterocycles. The van der Waals surface area contributed by atoms with Crippen LogP contribution in [-0.4, -0.2) is 64.2 Å². The predicted octanol–water partition coefficient (Wildman–Crippen LogP) is 0.952. The van der Waals surface area contributed by atoms with E-state index < -0.39 is 0 Å². The largest absolute Gasteiger partial charge is 0.495 e. The third kappa shape index (κ3) is 5.32. The molecule has 0 aliphatic carbocycles. The first-order chi connectivity index (χ1) is 12.3. The fourth-order valence-electron chi connectivity index (χ4n) is 3.30. The first-order valence-corrected chi connectivity index (χ1v) is 9.67. The van der Waals surface area contributed by atoms with Crippen LogP contribution in [0.1, 0.15) is 25.3 Å². The molecular formula is C19H33N4O2P. The van der Waals surface area contributed by atoms with E-state index in [4.69, 9.17) is 4.74 Å². The van der Waals surface area contributed by atoms with Crippen molar-refractivity contribution in [3.05, 3.63) is 17.7 Å². The summed E-state index contributed by atoms with van der Waals surface area (Å²) in [5.41, 5.74) is 2.23. The number of ether oxygens (including phenoxy) is 1. The lowest BCUT2D eigenvalue weighted by atomic mass is 9.92. The zero-order valence-electron chi connectivity index (χ0n) is 16.7. The van der Waals surface area contributed by atoms with Gasteiger partial charge in [0.1, 0.15) is 5.75 Å². The third-order valence-electron chi connectivity index (χ3n) is 4.95. The van der Waals surface area contributed by atoms with E-state index in [0.717, 1.165) is 36.4 Å². The van der Waals surface area contributed by atoms with Crippen molar-refractivity contribution in [3.63, 3.8) is 0 Å². The topological polar surface area (TPSA) is 56.8 Å². The zero-order chi connectivity index (χ0) is 19.3. The van der Waals surface area contributed by atoms with Crippen molar-refractivity contribution >= 4 is 26.1 Å². The molecule has 1 amide bonds. The number of hydrogen-bond acceptors (Lipinski definition) is 5. The van der Waals surface area contributed by atoms with Gasteiger partial charge in [0.25, 0.3) is 0 Å². The van der Waals surface area contributed by atoms with Gasteiger partial charge in [0.15, 0.2) is 0 Å². The highest BCUT2D eigenvalue weighted by Gasteiger charge is 2.26. The van der Waals surface area contributed by atoms with Crippen molar-refractivity contribution in [2.24, 2.45) is 0 Å². The van der Waals surface area contributed by atoms with Crippen LogP contribution in [0.5, 0.6) is 5.75 Å². The molecule has 6 nitrogen and oxygen atoms in total. The Labute approximate surface area is 159 Å². The number of nitrogens with one attached hydrogen (secondary N) is 2. The summed E-state index contributed by atoms with van der Waals surface area (Å²) < 4.78 is 5.63. The molecule has 26 heavy (non-hydrogen) atoms. The molecule has 0 radical (unpaired) electrons. The number of nitrogens with zero attached hydrogens (tertiary/aromatic N) is 2. The first kappa shape index (κ1) is 20.9. The highest BCUT2D eigenvalue weighted by Crippen LogP contribution is 2.29. The summed E-state index contributed by atoms with van der Waals surface area (Å²) >= 11 is 0. The highest BCUT2D eigenvalue weighted by atomic mass is 31.0. The molecule has 2 rings (SSSR count). The number of benzene rings is 1. The van der Waals surface area contributed by atoms with Crippen molar-refractivity contribution in [1.29, 1.82) is 0 Å². The fourth-order valence-corrected chi connectivity index (χ4v) is 3.88. The van der Waals surface area contributed by atoms with Gasteiger partial charge in [-0.2, -0.15) is 0 Å². The van der Waals surface area contributed by atoms with Crippen LogP contribution < -0.4 is 25.6 Å². The van der Waals surface area contributed by atoms with Crippen LogP contribution in [0.3, 0.4) is 0 Å². The second-order valence-electron chi connectivity index (χ2n) is 7.57. The van der Waals surface area contributed by atoms with Crippen LogP contribution in [0.4, 0.5) is 5.69 Å². The van der Waals surface area contributed by atoms with Gasteiger partial charge in [-0.15, -0.1) is 9.24 Å². The lowest BCUT2D eigenvalue weighted by molar-refractivity contribution is -0.127. The Balaban J connectivity index is 2.14. The second kappa shape index (κ2) is 9.03. The predicted molar refractivity (Wildman–Crippen MR) is 112 cm³/mol. The van der Waals surface area contributed by atoms with Gasteiger partial charge in [-0.05, 0) is 49.3 Å². The number of carbonyl (C=O) groups is 1. The lowest BCUT2D eigenvalue weighted by Gasteiger charge is -2.35. The van der Waals surface area contributed by atoms with Crippen molar-refractivity contribution in [2.75, 3.05) is 52.8 Å². The maximum Gasteiger partial charge on any atom is 0.241 e. The molecule has 0 spiro atoms. The molecule has 0 saturated carbocycles. The highest BCUT2D eigenvalue weighted by molar-refractivity contribution is 7.28. The summed E-state index contributed by atoms with van der Waals surface area (Å²) in [6, 6.07) is 4.21. The Morgan fingerprint density at radius 1 is 1.38 bits per heavy atom. The van der Waals surface area contributed by atoms with Gasteiger partial charge < -0.3 is 25.2 Å².